The lowest BCUT2D eigenvalue weighted by atomic mass is 10.0. The third-order valence-corrected chi connectivity index (χ3v) is 4.79. The summed E-state index contributed by atoms with van der Waals surface area (Å²) in [4.78, 5) is 18.3. The van der Waals surface area contributed by atoms with Gasteiger partial charge in [-0.3, -0.25) is 9.79 Å². The molecule has 0 spiro atoms. The number of amides is 1. The minimum Gasteiger partial charge on any atom is -0.497 e. The second kappa shape index (κ2) is 11.4. The van der Waals surface area contributed by atoms with Crippen LogP contribution in [0.1, 0.15) is 33.1 Å². The van der Waals surface area contributed by atoms with E-state index in [2.05, 4.69) is 15.6 Å². The number of ether oxygens (including phenoxy) is 2. The highest BCUT2D eigenvalue weighted by Crippen LogP contribution is 2.18. The molecular weight excluding hydrogens is 356 g/mol. The number of benzene rings is 1. The molecule has 1 aromatic carbocycles. The molecule has 0 bridgehead atoms. The van der Waals surface area contributed by atoms with E-state index >= 15 is 0 Å². The largest absolute Gasteiger partial charge is 0.497 e. The summed E-state index contributed by atoms with van der Waals surface area (Å²) >= 11 is 0. The van der Waals surface area contributed by atoms with Crippen molar-refractivity contribution in [3.05, 3.63) is 24.3 Å². The highest BCUT2D eigenvalue weighted by Gasteiger charge is 2.24. The standard InChI is InChI=1S/C21H34N4O3/c1-16(2)20(26)25-12-9-17(10-13-25)24-21(22-3)23-11-6-14-28-19-8-5-7-18(15-19)27-4/h5,7-8,15-17H,6,9-14H2,1-4H3,(H2,22,23,24). The van der Waals surface area contributed by atoms with Crippen LogP contribution in [0.3, 0.4) is 0 Å². The van der Waals surface area contributed by atoms with Crippen molar-refractivity contribution in [2.24, 2.45) is 10.9 Å². The van der Waals surface area contributed by atoms with Crippen LogP contribution in [0.5, 0.6) is 11.5 Å². The van der Waals surface area contributed by atoms with Gasteiger partial charge in [0.05, 0.1) is 13.7 Å². The van der Waals surface area contributed by atoms with Crippen LogP contribution in [-0.2, 0) is 4.79 Å². The molecule has 7 nitrogen and oxygen atoms in total. The number of piperidine rings is 1. The molecule has 0 saturated carbocycles. The van der Waals surface area contributed by atoms with Gasteiger partial charge < -0.3 is 25.0 Å². The van der Waals surface area contributed by atoms with Crippen LogP contribution in [0.25, 0.3) is 0 Å². The first-order valence-electron chi connectivity index (χ1n) is 10.1. The van der Waals surface area contributed by atoms with Crippen LogP contribution in [0, 0.1) is 5.92 Å². The van der Waals surface area contributed by atoms with Crippen LogP contribution in [0.2, 0.25) is 0 Å². The number of hydrogen-bond acceptors (Lipinski definition) is 4. The van der Waals surface area contributed by atoms with Gasteiger partial charge in [0.2, 0.25) is 5.91 Å². The summed E-state index contributed by atoms with van der Waals surface area (Å²) in [5.74, 6) is 2.72. The average Bonchev–Trinajstić information content (AvgIpc) is 2.72. The van der Waals surface area contributed by atoms with Gasteiger partial charge in [0, 0.05) is 44.7 Å². The Morgan fingerprint density at radius 3 is 2.64 bits per heavy atom. The van der Waals surface area contributed by atoms with Gasteiger partial charge in [-0.05, 0) is 31.4 Å². The number of nitrogens with zero attached hydrogens (tertiary/aromatic N) is 2. The summed E-state index contributed by atoms with van der Waals surface area (Å²) in [7, 11) is 3.42. The first-order chi connectivity index (χ1) is 13.5. The molecule has 1 aliphatic rings. The summed E-state index contributed by atoms with van der Waals surface area (Å²) in [6.45, 7) is 6.91. The lowest BCUT2D eigenvalue weighted by molar-refractivity contribution is -0.135. The Bertz CT molecular complexity index is 640. The molecule has 0 aliphatic carbocycles. The number of likely N-dealkylation sites (tertiary alicyclic amines) is 1. The van der Waals surface area contributed by atoms with Gasteiger partial charge in [-0.15, -0.1) is 0 Å². The Hall–Kier alpha value is -2.44. The van der Waals surface area contributed by atoms with E-state index in [0.29, 0.717) is 12.6 Å². The van der Waals surface area contributed by atoms with E-state index < -0.39 is 0 Å². The van der Waals surface area contributed by atoms with E-state index in [1.807, 2.05) is 43.0 Å². The van der Waals surface area contributed by atoms with Gasteiger partial charge in [-0.25, -0.2) is 0 Å². The zero-order valence-corrected chi connectivity index (χ0v) is 17.5. The predicted molar refractivity (Wildman–Crippen MR) is 112 cm³/mol. The van der Waals surface area contributed by atoms with Crippen molar-refractivity contribution in [1.29, 1.82) is 0 Å². The van der Waals surface area contributed by atoms with E-state index in [1.54, 1.807) is 14.2 Å². The van der Waals surface area contributed by atoms with Gasteiger partial charge in [0.1, 0.15) is 11.5 Å². The van der Waals surface area contributed by atoms with Crippen LogP contribution in [0.15, 0.2) is 29.3 Å². The molecule has 0 atom stereocenters. The molecule has 0 aromatic heterocycles. The Balaban J connectivity index is 1.63. The zero-order chi connectivity index (χ0) is 20.4. The van der Waals surface area contributed by atoms with E-state index in [1.165, 1.54) is 0 Å². The SMILES string of the molecule is CN=C(NCCCOc1cccc(OC)c1)NC1CCN(C(=O)C(C)C)CC1. The molecule has 7 heteroatoms. The van der Waals surface area contributed by atoms with Crippen LogP contribution < -0.4 is 20.1 Å². The van der Waals surface area contributed by atoms with Crippen molar-refractivity contribution in [3.8, 4) is 11.5 Å². The van der Waals surface area contributed by atoms with E-state index in [4.69, 9.17) is 9.47 Å². The van der Waals surface area contributed by atoms with Crippen molar-refractivity contribution in [3.63, 3.8) is 0 Å². The monoisotopic (exact) mass is 390 g/mol. The Morgan fingerprint density at radius 2 is 2.00 bits per heavy atom. The molecule has 1 fully saturated rings. The van der Waals surface area contributed by atoms with E-state index in [9.17, 15) is 4.79 Å². The number of guanidine groups is 1. The van der Waals surface area contributed by atoms with Gasteiger partial charge in [-0.1, -0.05) is 19.9 Å². The van der Waals surface area contributed by atoms with Gasteiger partial charge >= 0.3 is 0 Å². The molecule has 0 radical (unpaired) electrons. The number of carbonyl (C=O) groups is 1. The Morgan fingerprint density at radius 1 is 1.29 bits per heavy atom. The Labute approximate surface area is 168 Å². The molecular formula is C21H34N4O3. The van der Waals surface area contributed by atoms with Crippen molar-refractivity contribution in [2.75, 3.05) is 40.4 Å². The lowest BCUT2D eigenvalue weighted by Gasteiger charge is -2.34. The Kier molecular flexibility index (Phi) is 8.91. The predicted octanol–water partition coefficient (Wildman–Crippen LogP) is 2.28. The topological polar surface area (TPSA) is 75.2 Å². The van der Waals surface area contributed by atoms with Crippen LogP contribution >= 0.6 is 0 Å². The summed E-state index contributed by atoms with van der Waals surface area (Å²) in [5, 5.41) is 6.79. The number of aliphatic imine (C=N–C) groups is 1. The summed E-state index contributed by atoms with van der Waals surface area (Å²) in [6, 6.07) is 7.96. The zero-order valence-electron chi connectivity index (χ0n) is 17.5. The van der Waals surface area contributed by atoms with Gasteiger partial charge in [0.15, 0.2) is 5.96 Å². The third kappa shape index (κ3) is 6.94. The van der Waals surface area contributed by atoms with Crippen LogP contribution in [0.4, 0.5) is 0 Å². The van der Waals surface area contributed by atoms with E-state index in [-0.39, 0.29) is 11.8 Å². The molecule has 2 rings (SSSR count). The molecule has 1 saturated heterocycles. The minimum atomic E-state index is 0.0677. The third-order valence-electron chi connectivity index (χ3n) is 4.79. The first kappa shape index (κ1) is 21.9. The van der Waals surface area contributed by atoms with Crippen LogP contribution in [-0.4, -0.2) is 63.2 Å². The van der Waals surface area contributed by atoms with E-state index in [0.717, 1.165) is 56.4 Å². The van der Waals surface area contributed by atoms with Gasteiger partial charge in [0.25, 0.3) is 0 Å². The quantitative estimate of drug-likeness (QED) is 0.405. The molecule has 1 amide bonds. The van der Waals surface area contributed by atoms with Gasteiger partial charge in [-0.2, -0.15) is 0 Å². The maximum Gasteiger partial charge on any atom is 0.225 e. The normalized spacial score (nSPS) is 15.5. The number of rotatable bonds is 8. The fraction of sp³-hybridized carbons (Fsp3) is 0.619. The molecule has 156 valence electrons. The molecule has 2 N–H and O–H groups in total. The highest BCUT2D eigenvalue weighted by atomic mass is 16.5. The molecule has 0 unspecified atom stereocenters. The molecule has 28 heavy (non-hydrogen) atoms. The number of hydrogen-bond donors (Lipinski definition) is 2. The number of nitrogens with one attached hydrogen (secondary N) is 2. The molecule has 1 aromatic rings. The second-order valence-electron chi connectivity index (χ2n) is 7.28. The average molecular weight is 391 g/mol. The summed E-state index contributed by atoms with van der Waals surface area (Å²) in [5.41, 5.74) is 0. The number of carbonyl (C=O) groups excluding carboxylic acids is 1. The number of methoxy groups -OCH3 is 1. The first-order valence-corrected chi connectivity index (χ1v) is 10.1. The smallest absolute Gasteiger partial charge is 0.225 e. The van der Waals surface area contributed by atoms with Crippen molar-refractivity contribution < 1.29 is 14.3 Å². The molecule has 1 heterocycles. The second-order valence-corrected chi connectivity index (χ2v) is 7.28. The van der Waals surface area contributed by atoms with Crippen molar-refractivity contribution in [2.45, 2.75) is 39.2 Å². The van der Waals surface area contributed by atoms with Crippen molar-refractivity contribution in [1.82, 2.24) is 15.5 Å². The summed E-state index contributed by atoms with van der Waals surface area (Å²) < 4.78 is 10.9. The summed E-state index contributed by atoms with van der Waals surface area (Å²) in [6.07, 6.45) is 2.75. The maximum absolute atomic E-state index is 12.1. The fourth-order valence-electron chi connectivity index (χ4n) is 3.16. The fourth-order valence-corrected chi connectivity index (χ4v) is 3.16. The molecule has 1 aliphatic heterocycles. The highest BCUT2D eigenvalue weighted by molar-refractivity contribution is 5.80. The van der Waals surface area contributed by atoms with Crippen molar-refractivity contribution >= 4 is 11.9 Å². The lowest BCUT2D eigenvalue weighted by Crippen LogP contribution is -2.50. The minimum absolute atomic E-state index is 0.0677. The maximum atomic E-state index is 12.1.